The Hall–Kier alpha value is -2.23. The van der Waals surface area contributed by atoms with Crippen molar-refractivity contribution in [1.29, 1.82) is 0 Å². The van der Waals surface area contributed by atoms with Gasteiger partial charge in [-0.1, -0.05) is 6.07 Å². The number of anilines is 1. The van der Waals surface area contributed by atoms with Crippen molar-refractivity contribution in [2.45, 2.75) is 5.51 Å². The molecule has 0 radical (unpaired) electrons. The van der Waals surface area contributed by atoms with E-state index in [0.717, 1.165) is 12.1 Å². The van der Waals surface area contributed by atoms with Gasteiger partial charge in [-0.25, -0.2) is 0 Å². The van der Waals surface area contributed by atoms with Crippen molar-refractivity contribution < 1.29 is 30.2 Å². The van der Waals surface area contributed by atoms with Crippen molar-refractivity contribution in [2.24, 2.45) is 0 Å². The number of nitrogens with zero attached hydrogens (tertiary/aromatic N) is 1. The van der Waals surface area contributed by atoms with E-state index in [4.69, 9.17) is 4.42 Å². The Kier molecular flexibility index (Phi) is 3.81. The third-order valence-electron chi connectivity index (χ3n) is 2.63. The summed E-state index contributed by atoms with van der Waals surface area (Å²) in [6.07, 6.45) is 0. The van der Waals surface area contributed by atoms with Gasteiger partial charge in [-0.2, -0.15) is 21.6 Å². The third-order valence-corrected chi connectivity index (χ3v) is 3.60. The lowest BCUT2D eigenvalue weighted by Crippen LogP contribution is -2.28. The van der Waals surface area contributed by atoms with E-state index in [1.165, 1.54) is 17.0 Å². The van der Waals surface area contributed by atoms with Crippen LogP contribution in [0, 0.1) is 0 Å². The van der Waals surface area contributed by atoms with Crippen LogP contribution >= 0.6 is 0 Å². The van der Waals surface area contributed by atoms with Gasteiger partial charge in [-0.3, -0.25) is 4.79 Å². The molecule has 1 aromatic carbocycles. The summed E-state index contributed by atoms with van der Waals surface area (Å²) in [6, 6.07) is 4.57. The molecule has 0 saturated carbocycles. The average Bonchev–Trinajstić information content (AvgIpc) is 2.37. The normalized spacial score (nSPS) is 12.4. The summed E-state index contributed by atoms with van der Waals surface area (Å²) in [5.74, 6) is -0.673. The summed E-state index contributed by atoms with van der Waals surface area (Å²) >= 11 is 0. The Morgan fingerprint density at radius 3 is 2.41 bits per heavy atom. The van der Waals surface area contributed by atoms with E-state index in [1.807, 2.05) is 0 Å². The van der Waals surface area contributed by atoms with Crippen LogP contribution in [0.2, 0.25) is 0 Å². The van der Waals surface area contributed by atoms with Gasteiger partial charge in [0, 0.05) is 20.2 Å². The molecule has 0 atom stereocenters. The summed E-state index contributed by atoms with van der Waals surface area (Å²) in [5.41, 5.74) is -6.51. The topological polar surface area (TPSA) is 76.8 Å². The predicted octanol–water partition coefficient (Wildman–Crippen LogP) is 2.09. The molecule has 120 valence electrons. The largest absolute Gasteiger partial charge is 0.534 e. The summed E-state index contributed by atoms with van der Waals surface area (Å²) in [4.78, 5) is 13.3. The second kappa shape index (κ2) is 5.20. The van der Waals surface area contributed by atoms with E-state index < -0.39 is 26.8 Å². The summed E-state index contributed by atoms with van der Waals surface area (Å²) < 4.78 is 68.7. The van der Waals surface area contributed by atoms with Crippen LogP contribution < -0.4 is 14.5 Å². The van der Waals surface area contributed by atoms with Gasteiger partial charge in [-0.15, -0.1) is 0 Å². The fourth-order valence-electron chi connectivity index (χ4n) is 1.59. The van der Waals surface area contributed by atoms with Crippen LogP contribution in [0.1, 0.15) is 0 Å². The number of para-hydroxylation sites is 1. The zero-order valence-electron chi connectivity index (χ0n) is 11.3. The Balaban J connectivity index is 2.68. The first-order valence-corrected chi connectivity index (χ1v) is 7.19. The zero-order valence-corrected chi connectivity index (χ0v) is 12.2. The molecule has 22 heavy (non-hydrogen) atoms. The molecule has 0 fully saturated rings. The van der Waals surface area contributed by atoms with Crippen LogP contribution in [0.5, 0.6) is 5.75 Å². The maximum Gasteiger partial charge on any atom is 0.534 e. The molecule has 0 amide bonds. The monoisotopic (exact) mass is 337 g/mol. The van der Waals surface area contributed by atoms with Crippen LogP contribution in [0.3, 0.4) is 0 Å². The van der Waals surface area contributed by atoms with E-state index in [1.54, 1.807) is 14.1 Å². The standard InChI is InChI=1S/C12H10F3NO5S/c1-16(2)10-6-8(17)7-4-3-5-9(11(7)20-10)21-22(18,19)12(13,14)15/h3-6H,1-2H3. The van der Waals surface area contributed by atoms with Crippen molar-refractivity contribution in [3.05, 3.63) is 34.5 Å². The van der Waals surface area contributed by atoms with E-state index in [2.05, 4.69) is 4.18 Å². The molecule has 10 heteroatoms. The maximum atomic E-state index is 12.4. The number of hydrogen-bond donors (Lipinski definition) is 0. The number of halogens is 3. The second-order valence-corrected chi connectivity index (χ2v) is 6.00. The van der Waals surface area contributed by atoms with Crippen LogP contribution in [0.25, 0.3) is 11.0 Å². The maximum absolute atomic E-state index is 12.4. The predicted molar refractivity (Wildman–Crippen MR) is 72.4 cm³/mol. The van der Waals surface area contributed by atoms with Gasteiger partial charge in [0.25, 0.3) is 0 Å². The Morgan fingerprint density at radius 2 is 1.86 bits per heavy atom. The number of alkyl halides is 3. The lowest BCUT2D eigenvalue weighted by molar-refractivity contribution is -0.0499. The highest BCUT2D eigenvalue weighted by molar-refractivity contribution is 7.88. The van der Waals surface area contributed by atoms with Crippen molar-refractivity contribution in [2.75, 3.05) is 19.0 Å². The van der Waals surface area contributed by atoms with Crippen molar-refractivity contribution in [3.63, 3.8) is 0 Å². The number of fused-ring (bicyclic) bond motifs is 1. The van der Waals surface area contributed by atoms with Crippen LogP contribution in [-0.2, 0) is 10.1 Å². The fraction of sp³-hybridized carbons (Fsp3) is 0.250. The highest BCUT2D eigenvalue weighted by Crippen LogP contribution is 2.32. The lowest BCUT2D eigenvalue weighted by Gasteiger charge is -2.13. The second-order valence-electron chi connectivity index (χ2n) is 4.46. The lowest BCUT2D eigenvalue weighted by atomic mass is 10.2. The number of hydrogen-bond acceptors (Lipinski definition) is 6. The first-order chi connectivity index (χ1) is 10.0. The highest BCUT2D eigenvalue weighted by Gasteiger charge is 2.48. The SMILES string of the molecule is CN(C)c1cc(=O)c2cccc(OS(=O)(=O)C(F)(F)F)c2o1. The van der Waals surface area contributed by atoms with Crippen LogP contribution in [-0.4, -0.2) is 28.0 Å². The van der Waals surface area contributed by atoms with Crippen LogP contribution in [0.15, 0.2) is 33.5 Å². The van der Waals surface area contributed by atoms with Gasteiger partial charge >= 0.3 is 15.6 Å². The Bertz CT molecular complexity index is 870. The molecule has 0 bridgehead atoms. The highest BCUT2D eigenvalue weighted by atomic mass is 32.2. The van der Waals surface area contributed by atoms with Gasteiger partial charge in [0.1, 0.15) is 0 Å². The molecular weight excluding hydrogens is 327 g/mol. The number of rotatable bonds is 3. The quantitative estimate of drug-likeness (QED) is 0.630. The molecule has 2 rings (SSSR count). The van der Waals surface area contributed by atoms with Crippen molar-refractivity contribution in [1.82, 2.24) is 0 Å². The molecule has 0 N–H and O–H groups in total. The van der Waals surface area contributed by atoms with E-state index >= 15 is 0 Å². The summed E-state index contributed by atoms with van der Waals surface area (Å²) in [6.45, 7) is 0. The minimum absolute atomic E-state index is 0.0398. The Labute approximate surface area is 122 Å². The number of benzene rings is 1. The van der Waals surface area contributed by atoms with Crippen molar-refractivity contribution >= 4 is 27.0 Å². The molecule has 0 unspecified atom stereocenters. The molecule has 0 aliphatic heterocycles. The Morgan fingerprint density at radius 1 is 1.23 bits per heavy atom. The molecule has 6 nitrogen and oxygen atoms in total. The molecule has 0 saturated heterocycles. The smallest absolute Gasteiger partial charge is 0.436 e. The van der Waals surface area contributed by atoms with E-state index in [9.17, 15) is 26.4 Å². The van der Waals surface area contributed by atoms with Gasteiger partial charge in [0.05, 0.1) is 5.39 Å². The van der Waals surface area contributed by atoms with Gasteiger partial charge in [0.15, 0.2) is 22.6 Å². The molecule has 1 heterocycles. The van der Waals surface area contributed by atoms with Gasteiger partial charge in [-0.05, 0) is 12.1 Å². The first-order valence-electron chi connectivity index (χ1n) is 5.78. The molecule has 0 spiro atoms. The van der Waals surface area contributed by atoms with Crippen molar-refractivity contribution in [3.8, 4) is 5.75 Å². The summed E-state index contributed by atoms with van der Waals surface area (Å²) in [5, 5.41) is -0.0968. The summed E-state index contributed by atoms with van der Waals surface area (Å²) in [7, 11) is -2.78. The molecule has 0 aliphatic rings. The first kappa shape index (κ1) is 16.1. The minimum atomic E-state index is -5.86. The van der Waals surface area contributed by atoms with Crippen LogP contribution in [0.4, 0.5) is 19.1 Å². The molecule has 1 aromatic heterocycles. The average molecular weight is 337 g/mol. The molecular formula is C12H10F3NO5S. The van der Waals surface area contributed by atoms with E-state index in [0.29, 0.717) is 0 Å². The fourth-order valence-corrected chi connectivity index (χ4v) is 2.05. The third kappa shape index (κ3) is 2.86. The van der Waals surface area contributed by atoms with Gasteiger partial charge < -0.3 is 13.5 Å². The minimum Gasteiger partial charge on any atom is -0.436 e. The molecule has 0 aliphatic carbocycles. The molecule has 2 aromatic rings. The van der Waals surface area contributed by atoms with E-state index in [-0.39, 0.29) is 16.9 Å². The van der Waals surface area contributed by atoms with Gasteiger partial charge in [0.2, 0.25) is 0 Å². The zero-order chi connectivity index (χ0) is 16.7.